The van der Waals surface area contributed by atoms with Crippen LogP contribution < -0.4 is 5.56 Å². The maximum atomic E-state index is 12.3. The van der Waals surface area contributed by atoms with Crippen molar-refractivity contribution in [2.75, 3.05) is 7.11 Å². The first-order valence-corrected chi connectivity index (χ1v) is 8.98. The molecule has 3 atom stereocenters. The summed E-state index contributed by atoms with van der Waals surface area (Å²) in [5, 5.41) is 0. The van der Waals surface area contributed by atoms with Crippen LogP contribution in [0.4, 0.5) is 0 Å². The molecule has 4 rings (SSSR count). The molecule has 0 N–H and O–H groups in total. The number of carbonyl (C=O) groups is 1. The van der Waals surface area contributed by atoms with Crippen LogP contribution in [0.3, 0.4) is 0 Å². The molecule has 132 valence electrons. The molecule has 2 fully saturated rings. The van der Waals surface area contributed by atoms with Gasteiger partial charge in [-0.3, -0.25) is 18.9 Å². The van der Waals surface area contributed by atoms with Gasteiger partial charge >= 0.3 is 5.97 Å². The molecule has 25 heavy (non-hydrogen) atoms. The highest BCUT2D eigenvalue weighted by Crippen LogP contribution is 2.40. The first-order chi connectivity index (χ1) is 12.2. The maximum absolute atomic E-state index is 12.3. The minimum Gasteiger partial charge on any atom is -0.468 e. The smallest absolute Gasteiger partial charge is 0.323 e. The minimum absolute atomic E-state index is 0.0883. The van der Waals surface area contributed by atoms with E-state index in [1.807, 2.05) is 18.2 Å². The normalized spacial score (nSPS) is 26.5. The summed E-state index contributed by atoms with van der Waals surface area (Å²) < 4.78 is 6.57. The van der Waals surface area contributed by atoms with Gasteiger partial charge in [0.15, 0.2) is 0 Å². The van der Waals surface area contributed by atoms with Crippen molar-refractivity contribution >= 4 is 11.6 Å². The van der Waals surface area contributed by atoms with Crippen LogP contribution in [0.2, 0.25) is 0 Å². The van der Waals surface area contributed by atoms with Crippen LogP contribution in [-0.2, 0) is 16.1 Å². The number of likely N-dealkylation sites (tertiary alicyclic amines) is 1. The molecule has 2 aromatic rings. The first kappa shape index (κ1) is 16.3. The fraction of sp³-hybridized carbons (Fsp3) is 0.526. The number of esters is 1. The van der Waals surface area contributed by atoms with Gasteiger partial charge in [-0.25, -0.2) is 4.98 Å². The van der Waals surface area contributed by atoms with E-state index >= 15 is 0 Å². The number of carbonyl (C=O) groups excluding carboxylic acids is 1. The number of ether oxygens (including phenoxy) is 1. The number of rotatable bonds is 3. The molecule has 2 aliphatic rings. The van der Waals surface area contributed by atoms with Crippen molar-refractivity contribution in [1.29, 1.82) is 0 Å². The second-order valence-electron chi connectivity index (χ2n) is 7.07. The van der Waals surface area contributed by atoms with Crippen LogP contribution in [0.1, 0.15) is 37.8 Å². The number of fused-ring (bicyclic) bond motifs is 2. The predicted octanol–water partition coefficient (Wildman–Crippen LogP) is 2.00. The molecule has 0 radical (unpaired) electrons. The van der Waals surface area contributed by atoms with Gasteiger partial charge in [-0.1, -0.05) is 18.9 Å². The van der Waals surface area contributed by atoms with Crippen molar-refractivity contribution < 1.29 is 9.53 Å². The zero-order valence-electron chi connectivity index (χ0n) is 14.4. The van der Waals surface area contributed by atoms with Crippen molar-refractivity contribution in [2.24, 2.45) is 5.92 Å². The highest BCUT2D eigenvalue weighted by atomic mass is 16.5. The minimum atomic E-state index is -0.228. The van der Waals surface area contributed by atoms with Crippen molar-refractivity contribution in [3.05, 3.63) is 46.5 Å². The number of hydrogen-bond acceptors (Lipinski definition) is 5. The summed E-state index contributed by atoms with van der Waals surface area (Å²) in [7, 11) is 1.45. The Morgan fingerprint density at radius 1 is 1.32 bits per heavy atom. The van der Waals surface area contributed by atoms with Gasteiger partial charge in [0, 0.05) is 24.8 Å². The van der Waals surface area contributed by atoms with E-state index in [-0.39, 0.29) is 17.6 Å². The van der Waals surface area contributed by atoms with Gasteiger partial charge in [-0.15, -0.1) is 0 Å². The van der Waals surface area contributed by atoms with Gasteiger partial charge in [-0.2, -0.15) is 0 Å². The molecular weight excluding hydrogens is 318 g/mol. The number of aromatic nitrogens is 2. The topological polar surface area (TPSA) is 63.9 Å². The van der Waals surface area contributed by atoms with Crippen molar-refractivity contribution in [2.45, 2.75) is 50.7 Å². The van der Waals surface area contributed by atoms with Crippen LogP contribution >= 0.6 is 0 Å². The molecule has 0 spiro atoms. The largest absolute Gasteiger partial charge is 0.468 e. The number of pyridine rings is 1. The Balaban J connectivity index is 1.67. The lowest BCUT2D eigenvalue weighted by Crippen LogP contribution is -2.42. The van der Waals surface area contributed by atoms with E-state index in [4.69, 9.17) is 4.74 Å². The molecular formula is C19H23N3O3. The monoisotopic (exact) mass is 341 g/mol. The van der Waals surface area contributed by atoms with Gasteiger partial charge in [0.05, 0.1) is 12.8 Å². The summed E-state index contributed by atoms with van der Waals surface area (Å²) in [6, 6.07) is 7.25. The third-order valence-corrected chi connectivity index (χ3v) is 5.66. The molecule has 1 saturated carbocycles. The Morgan fingerprint density at radius 3 is 3.00 bits per heavy atom. The van der Waals surface area contributed by atoms with Gasteiger partial charge < -0.3 is 4.74 Å². The SMILES string of the molecule is COC(=O)[C@@H]1C[C@@H]2CCCC[C@@H]2N1Cc1cc(=O)n2ccccc2n1. The summed E-state index contributed by atoms with van der Waals surface area (Å²) >= 11 is 0. The van der Waals surface area contributed by atoms with Gasteiger partial charge in [0.25, 0.3) is 5.56 Å². The van der Waals surface area contributed by atoms with Crippen LogP contribution in [0.25, 0.3) is 5.65 Å². The third-order valence-electron chi connectivity index (χ3n) is 5.66. The Bertz CT molecular complexity index is 847. The highest BCUT2D eigenvalue weighted by molar-refractivity contribution is 5.76. The molecule has 1 aliphatic carbocycles. The maximum Gasteiger partial charge on any atom is 0.323 e. The molecule has 0 bridgehead atoms. The van der Waals surface area contributed by atoms with E-state index < -0.39 is 0 Å². The molecule has 2 aromatic heterocycles. The van der Waals surface area contributed by atoms with Crippen LogP contribution in [-0.4, -0.2) is 39.4 Å². The summed E-state index contributed by atoms with van der Waals surface area (Å²) in [5.41, 5.74) is 1.27. The standard InChI is InChI=1S/C19H23N3O3/c1-25-19(24)16-10-13-6-2-3-7-15(13)22(16)12-14-11-18(23)21-9-5-4-8-17(21)20-14/h4-5,8-9,11,13,15-16H,2-3,6-7,10,12H2,1H3/t13-,15-,16-/m0/s1. The molecule has 3 heterocycles. The van der Waals surface area contributed by atoms with Gasteiger partial charge in [0.1, 0.15) is 11.7 Å². The zero-order chi connectivity index (χ0) is 17.4. The molecule has 6 nitrogen and oxygen atoms in total. The fourth-order valence-electron chi connectivity index (χ4n) is 4.52. The Labute approximate surface area is 146 Å². The van der Waals surface area contributed by atoms with E-state index in [2.05, 4.69) is 9.88 Å². The van der Waals surface area contributed by atoms with Crippen molar-refractivity contribution in [3.8, 4) is 0 Å². The van der Waals surface area contributed by atoms with Crippen LogP contribution in [0.5, 0.6) is 0 Å². The summed E-state index contributed by atoms with van der Waals surface area (Å²) in [6.45, 7) is 0.515. The number of nitrogens with zero attached hydrogens (tertiary/aromatic N) is 3. The second kappa shape index (κ2) is 6.59. The second-order valence-corrected chi connectivity index (χ2v) is 7.07. The van der Waals surface area contributed by atoms with Gasteiger partial charge in [-0.05, 0) is 37.3 Å². The lowest BCUT2D eigenvalue weighted by Gasteiger charge is -2.32. The molecule has 1 saturated heterocycles. The quantitative estimate of drug-likeness (QED) is 0.799. The average Bonchev–Trinajstić information content (AvgIpc) is 3.00. The Kier molecular flexibility index (Phi) is 4.29. The Morgan fingerprint density at radius 2 is 2.16 bits per heavy atom. The summed E-state index contributed by atoms with van der Waals surface area (Å²) in [5.74, 6) is 0.367. The van der Waals surface area contributed by atoms with E-state index in [1.165, 1.54) is 30.8 Å². The number of hydrogen-bond donors (Lipinski definition) is 0. The lowest BCUT2D eigenvalue weighted by atomic mass is 9.85. The average molecular weight is 341 g/mol. The van der Waals surface area contributed by atoms with E-state index in [1.54, 1.807) is 12.3 Å². The van der Waals surface area contributed by atoms with Crippen LogP contribution in [0.15, 0.2) is 35.3 Å². The number of methoxy groups -OCH3 is 1. The fourth-order valence-corrected chi connectivity index (χ4v) is 4.52. The third kappa shape index (κ3) is 2.95. The van der Waals surface area contributed by atoms with Crippen LogP contribution in [0, 0.1) is 5.92 Å². The molecule has 0 aromatic carbocycles. The van der Waals surface area contributed by atoms with E-state index in [9.17, 15) is 9.59 Å². The zero-order valence-corrected chi connectivity index (χ0v) is 14.4. The lowest BCUT2D eigenvalue weighted by molar-refractivity contribution is -0.146. The molecule has 0 unspecified atom stereocenters. The summed E-state index contributed by atoms with van der Waals surface area (Å²) in [6.07, 6.45) is 7.27. The van der Waals surface area contributed by atoms with Crippen molar-refractivity contribution in [3.63, 3.8) is 0 Å². The Hall–Kier alpha value is -2.21. The van der Waals surface area contributed by atoms with E-state index in [0.29, 0.717) is 24.2 Å². The molecule has 6 heteroatoms. The molecule has 1 aliphatic heterocycles. The first-order valence-electron chi connectivity index (χ1n) is 8.98. The van der Waals surface area contributed by atoms with Gasteiger partial charge in [0.2, 0.25) is 0 Å². The highest BCUT2D eigenvalue weighted by Gasteiger charge is 2.45. The summed E-state index contributed by atoms with van der Waals surface area (Å²) in [4.78, 5) is 31.5. The molecule has 0 amide bonds. The van der Waals surface area contributed by atoms with Crippen molar-refractivity contribution in [1.82, 2.24) is 14.3 Å². The predicted molar refractivity (Wildman–Crippen MR) is 93.2 cm³/mol. The van der Waals surface area contributed by atoms with E-state index in [0.717, 1.165) is 18.5 Å².